The highest BCUT2D eigenvalue weighted by molar-refractivity contribution is 7.89. The quantitative estimate of drug-likeness (QED) is 0.296. The van der Waals surface area contributed by atoms with Gasteiger partial charge >= 0.3 is 5.97 Å². The smallest absolute Gasteiger partial charge is 0.338 e. The maximum Gasteiger partial charge on any atom is 0.338 e. The Morgan fingerprint density at radius 1 is 1.03 bits per heavy atom. The molecule has 3 rings (SSSR count). The van der Waals surface area contributed by atoms with Gasteiger partial charge in [0.05, 0.1) is 15.8 Å². The molecular formula is C19H18Cl3N3O4S. The van der Waals surface area contributed by atoms with E-state index in [4.69, 9.17) is 45.4 Å². The average molecular weight is 491 g/mol. The van der Waals surface area contributed by atoms with Crippen LogP contribution in [0.25, 0.3) is 0 Å². The van der Waals surface area contributed by atoms with Crippen LogP contribution in [0.2, 0.25) is 15.1 Å². The van der Waals surface area contributed by atoms with Gasteiger partial charge in [0.2, 0.25) is 10.0 Å². The van der Waals surface area contributed by atoms with E-state index in [2.05, 4.69) is 5.16 Å². The number of sulfonamides is 1. The molecule has 0 radical (unpaired) electrons. The Labute approximate surface area is 189 Å². The number of piperidine rings is 1. The number of oxime groups is 1. The van der Waals surface area contributed by atoms with E-state index in [1.807, 2.05) is 0 Å². The minimum Gasteiger partial charge on any atom is -0.380 e. The van der Waals surface area contributed by atoms with Crippen molar-refractivity contribution in [3.8, 4) is 0 Å². The Kier molecular flexibility index (Phi) is 7.26. The SMILES string of the molecule is N/C(=N\OC(=O)C1CCN(S(=O)(=O)c2ccc(Cl)cc2)CC1)c1ccc(Cl)cc1Cl. The summed E-state index contributed by atoms with van der Waals surface area (Å²) in [5.74, 6) is -1.13. The van der Waals surface area contributed by atoms with Crippen molar-refractivity contribution in [3.05, 3.63) is 63.1 Å². The molecule has 1 fully saturated rings. The zero-order valence-electron chi connectivity index (χ0n) is 15.6. The molecule has 0 bridgehead atoms. The van der Waals surface area contributed by atoms with Gasteiger partial charge in [0.25, 0.3) is 0 Å². The lowest BCUT2D eigenvalue weighted by Gasteiger charge is -2.29. The first-order chi connectivity index (χ1) is 14.2. The summed E-state index contributed by atoms with van der Waals surface area (Å²) in [5, 5.41) is 4.83. The summed E-state index contributed by atoms with van der Waals surface area (Å²) in [6, 6.07) is 10.6. The minimum atomic E-state index is -3.65. The molecule has 1 heterocycles. The van der Waals surface area contributed by atoms with Crippen molar-refractivity contribution in [3.63, 3.8) is 0 Å². The third-order valence-corrected chi connectivity index (χ3v) is 7.39. The zero-order chi connectivity index (χ0) is 21.9. The van der Waals surface area contributed by atoms with Gasteiger partial charge < -0.3 is 10.6 Å². The van der Waals surface area contributed by atoms with Crippen molar-refractivity contribution >= 4 is 56.6 Å². The third-order valence-electron chi connectivity index (χ3n) is 4.68. The molecule has 7 nitrogen and oxygen atoms in total. The van der Waals surface area contributed by atoms with Crippen LogP contribution in [0.1, 0.15) is 18.4 Å². The first kappa shape index (κ1) is 22.8. The maximum atomic E-state index is 12.7. The molecule has 2 N–H and O–H groups in total. The van der Waals surface area contributed by atoms with Gasteiger partial charge in [0, 0.05) is 28.7 Å². The van der Waals surface area contributed by atoms with Crippen LogP contribution in [0.4, 0.5) is 0 Å². The van der Waals surface area contributed by atoms with Gasteiger partial charge in [-0.15, -0.1) is 0 Å². The molecule has 0 amide bonds. The van der Waals surface area contributed by atoms with Gasteiger partial charge in [-0.2, -0.15) is 4.31 Å². The van der Waals surface area contributed by atoms with Crippen molar-refractivity contribution in [1.29, 1.82) is 0 Å². The highest BCUT2D eigenvalue weighted by Gasteiger charge is 2.33. The van der Waals surface area contributed by atoms with Crippen molar-refractivity contribution in [2.45, 2.75) is 17.7 Å². The van der Waals surface area contributed by atoms with Crippen molar-refractivity contribution in [2.75, 3.05) is 13.1 Å². The van der Waals surface area contributed by atoms with Crippen molar-refractivity contribution < 1.29 is 18.0 Å². The first-order valence-corrected chi connectivity index (χ1v) is 11.5. The molecular weight excluding hydrogens is 473 g/mol. The highest BCUT2D eigenvalue weighted by Crippen LogP contribution is 2.26. The van der Waals surface area contributed by atoms with E-state index in [1.165, 1.54) is 34.6 Å². The Morgan fingerprint density at radius 3 is 2.23 bits per heavy atom. The summed E-state index contributed by atoms with van der Waals surface area (Å²) in [4.78, 5) is 17.4. The fourth-order valence-electron chi connectivity index (χ4n) is 3.00. The number of benzene rings is 2. The summed E-state index contributed by atoms with van der Waals surface area (Å²) in [5.41, 5.74) is 6.21. The van der Waals surface area contributed by atoms with Crippen LogP contribution < -0.4 is 5.73 Å². The lowest BCUT2D eigenvalue weighted by molar-refractivity contribution is -0.149. The van der Waals surface area contributed by atoms with Crippen LogP contribution in [0, 0.1) is 5.92 Å². The summed E-state index contributed by atoms with van der Waals surface area (Å²) in [6.45, 7) is 0.375. The summed E-state index contributed by atoms with van der Waals surface area (Å²) >= 11 is 17.7. The largest absolute Gasteiger partial charge is 0.380 e. The summed E-state index contributed by atoms with van der Waals surface area (Å²) < 4.78 is 26.8. The Morgan fingerprint density at radius 2 is 1.63 bits per heavy atom. The number of amidine groups is 1. The van der Waals surface area contributed by atoms with E-state index < -0.39 is 21.9 Å². The highest BCUT2D eigenvalue weighted by atomic mass is 35.5. The monoisotopic (exact) mass is 489 g/mol. The number of rotatable bonds is 5. The van der Waals surface area contributed by atoms with E-state index in [-0.39, 0.29) is 28.8 Å². The van der Waals surface area contributed by atoms with Crippen LogP contribution in [0.3, 0.4) is 0 Å². The predicted octanol–water partition coefficient (Wildman–Crippen LogP) is 3.91. The number of hydrogen-bond donors (Lipinski definition) is 1. The summed E-state index contributed by atoms with van der Waals surface area (Å²) in [6.07, 6.45) is 0.617. The molecule has 1 aliphatic heterocycles. The first-order valence-electron chi connectivity index (χ1n) is 8.94. The van der Waals surface area contributed by atoms with Gasteiger partial charge in [-0.25, -0.2) is 13.2 Å². The molecule has 0 atom stereocenters. The molecule has 2 aromatic rings. The number of hydrogen-bond acceptors (Lipinski definition) is 5. The molecule has 0 aromatic heterocycles. The predicted molar refractivity (Wildman–Crippen MR) is 116 cm³/mol. The average Bonchev–Trinajstić information content (AvgIpc) is 2.72. The van der Waals surface area contributed by atoms with Gasteiger partial charge in [-0.05, 0) is 55.3 Å². The number of nitrogens with zero attached hydrogens (tertiary/aromatic N) is 2. The second-order valence-corrected chi connectivity index (χ2v) is 9.86. The topological polar surface area (TPSA) is 102 Å². The fourth-order valence-corrected chi connectivity index (χ4v) is 5.10. The molecule has 2 aromatic carbocycles. The Hall–Kier alpha value is -1.84. The Bertz CT molecular complexity index is 1070. The van der Waals surface area contributed by atoms with Gasteiger partial charge in [0.1, 0.15) is 0 Å². The number of carbonyl (C=O) groups is 1. The Balaban J connectivity index is 1.59. The normalized spacial score (nSPS) is 16.4. The fraction of sp³-hybridized carbons (Fsp3) is 0.263. The van der Waals surface area contributed by atoms with E-state index in [0.29, 0.717) is 28.5 Å². The second-order valence-electron chi connectivity index (χ2n) is 6.64. The lowest BCUT2D eigenvalue weighted by atomic mass is 9.99. The second kappa shape index (κ2) is 9.53. The molecule has 0 unspecified atom stereocenters. The van der Waals surface area contributed by atoms with E-state index in [1.54, 1.807) is 12.1 Å². The minimum absolute atomic E-state index is 0.0623. The number of nitrogens with two attached hydrogens (primary N) is 1. The van der Waals surface area contributed by atoms with Crippen molar-refractivity contribution in [1.82, 2.24) is 4.31 Å². The molecule has 0 spiro atoms. The number of carbonyl (C=O) groups excluding carboxylic acids is 1. The molecule has 160 valence electrons. The lowest BCUT2D eigenvalue weighted by Crippen LogP contribution is -2.40. The van der Waals surface area contributed by atoms with Gasteiger partial charge in [-0.1, -0.05) is 40.0 Å². The molecule has 1 saturated heterocycles. The van der Waals surface area contributed by atoms with E-state index in [0.717, 1.165) is 0 Å². The summed E-state index contributed by atoms with van der Waals surface area (Å²) in [7, 11) is -3.65. The van der Waals surface area contributed by atoms with Crippen LogP contribution in [-0.2, 0) is 19.7 Å². The molecule has 0 saturated carbocycles. The number of halogens is 3. The van der Waals surface area contributed by atoms with Gasteiger partial charge in [0.15, 0.2) is 5.84 Å². The molecule has 0 aliphatic carbocycles. The van der Waals surface area contributed by atoms with E-state index >= 15 is 0 Å². The van der Waals surface area contributed by atoms with Gasteiger partial charge in [-0.3, -0.25) is 0 Å². The van der Waals surface area contributed by atoms with E-state index in [9.17, 15) is 13.2 Å². The van der Waals surface area contributed by atoms with Crippen LogP contribution in [0.15, 0.2) is 52.5 Å². The van der Waals surface area contributed by atoms with Crippen LogP contribution in [0.5, 0.6) is 0 Å². The van der Waals surface area contributed by atoms with Crippen molar-refractivity contribution in [2.24, 2.45) is 16.8 Å². The molecule has 30 heavy (non-hydrogen) atoms. The third kappa shape index (κ3) is 5.25. The maximum absolute atomic E-state index is 12.7. The standard InChI is InChI=1S/C19H18Cl3N3O4S/c20-13-1-4-15(5-2-13)30(27,28)25-9-7-12(8-10-25)19(26)29-24-18(23)16-6-3-14(21)11-17(16)22/h1-6,11-12H,7-10H2,(H2,23,24). The molecule has 11 heteroatoms. The van der Waals surface area contributed by atoms with Crippen LogP contribution in [-0.4, -0.2) is 37.6 Å². The van der Waals surface area contributed by atoms with Crippen LogP contribution >= 0.6 is 34.8 Å². The molecule has 1 aliphatic rings. The zero-order valence-corrected chi connectivity index (χ0v) is 18.7.